The smallest absolute Gasteiger partial charge is 0.165 e. The Bertz CT molecular complexity index is 886. The summed E-state index contributed by atoms with van der Waals surface area (Å²) in [5, 5.41) is 14.0. The van der Waals surface area contributed by atoms with Crippen LogP contribution >= 0.6 is 11.6 Å². The molecule has 3 aromatic rings. The van der Waals surface area contributed by atoms with Crippen molar-refractivity contribution in [2.75, 3.05) is 11.9 Å². The van der Waals surface area contributed by atoms with E-state index in [-0.39, 0.29) is 11.8 Å². The molecule has 0 radical (unpaired) electrons. The minimum Gasteiger partial charge on any atom is -0.507 e. The lowest BCUT2D eigenvalue weighted by Crippen LogP contribution is -2.28. The van der Waals surface area contributed by atoms with E-state index in [9.17, 15) is 5.11 Å². The molecule has 0 amide bonds. The Morgan fingerprint density at radius 3 is 2.62 bits per heavy atom. The van der Waals surface area contributed by atoms with Crippen LogP contribution in [0.3, 0.4) is 0 Å². The van der Waals surface area contributed by atoms with Crippen LogP contribution < -0.4 is 11.1 Å². The molecule has 0 unspecified atom stereocenters. The second kappa shape index (κ2) is 8.17. The maximum atomic E-state index is 10.2. The molecular weight excluding hydrogens is 348 g/mol. The second-order valence-corrected chi connectivity index (χ2v) is 6.48. The zero-order valence-corrected chi connectivity index (χ0v) is 15.2. The fourth-order valence-corrected chi connectivity index (χ4v) is 2.65. The lowest BCUT2D eigenvalue weighted by molar-refractivity contribution is 0.477. The van der Waals surface area contributed by atoms with Gasteiger partial charge in [-0.25, -0.2) is 9.97 Å². The highest BCUT2D eigenvalue weighted by Gasteiger charge is 2.13. The van der Waals surface area contributed by atoms with Crippen molar-refractivity contribution >= 4 is 17.4 Å². The van der Waals surface area contributed by atoms with E-state index < -0.39 is 0 Å². The lowest BCUT2D eigenvalue weighted by atomic mass is 10.1. The molecule has 0 spiro atoms. The molecule has 0 saturated heterocycles. The zero-order chi connectivity index (χ0) is 18.5. The van der Waals surface area contributed by atoms with Crippen LogP contribution in [0.25, 0.3) is 22.6 Å². The number of hydrogen-bond acceptors (Lipinski definition) is 5. The van der Waals surface area contributed by atoms with E-state index in [1.165, 1.54) is 6.07 Å². The molecule has 1 aromatic heterocycles. The molecule has 26 heavy (non-hydrogen) atoms. The van der Waals surface area contributed by atoms with Crippen molar-refractivity contribution < 1.29 is 5.11 Å². The van der Waals surface area contributed by atoms with E-state index in [1.54, 1.807) is 12.1 Å². The van der Waals surface area contributed by atoms with E-state index in [0.29, 0.717) is 28.8 Å². The first-order valence-electron chi connectivity index (χ1n) is 8.49. The van der Waals surface area contributed by atoms with Gasteiger partial charge in [-0.3, -0.25) is 0 Å². The van der Waals surface area contributed by atoms with E-state index in [0.717, 1.165) is 17.7 Å². The molecule has 0 aliphatic rings. The number of nitrogens with zero attached hydrogens (tertiary/aromatic N) is 2. The molecule has 4 N–H and O–H groups in total. The van der Waals surface area contributed by atoms with Crippen molar-refractivity contribution in [1.29, 1.82) is 0 Å². The number of hydrogen-bond donors (Lipinski definition) is 3. The normalized spacial score (nSPS) is 12.0. The summed E-state index contributed by atoms with van der Waals surface area (Å²) in [6, 6.07) is 16.5. The molecule has 2 aromatic carbocycles. The second-order valence-electron chi connectivity index (χ2n) is 6.04. The van der Waals surface area contributed by atoms with Gasteiger partial charge in [-0.05, 0) is 24.6 Å². The molecule has 134 valence electrons. The molecule has 1 atom stereocenters. The minimum absolute atomic E-state index is 0.0353. The quantitative estimate of drug-likeness (QED) is 0.603. The van der Waals surface area contributed by atoms with Crippen LogP contribution in [0.2, 0.25) is 5.02 Å². The highest BCUT2D eigenvalue weighted by Crippen LogP contribution is 2.32. The molecule has 0 bridgehead atoms. The molecule has 0 aliphatic carbocycles. The van der Waals surface area contributed by atoms with Gasteiger partial charge in [0.05, 0.1) is 11.3 Å². The van der Waals surface area contributed by atoms with Gasteiger partial charge in [0.25, 0.3) is 0 Å². The molecule has 5 nitrogen and oxygen atoms in total. The molecule has 0 fully saturated rings. The summed E-state index contributed by atoms with van der Waals surface area (Å²) in [6.45, 7) is 2.64. The molecule has 0 saturated carbocycles. The van der Waals surface area contributed by atoms with Crippen LogP contribution in [-0.2, 0) is 0 Å². The largest absolute Gasteiger partial charge is 0.507 e. The van der Waals surface area contributed by atoms with Crippen LogP contribution in [0, 0.1) is 0 Å². The summed E-state index contributed by atoms with van der Waals surface area (Å²) in [4.78, 5) is 9.16. The van der Waals surface area contributed by atoms with Gasteiger partial charge in [-0.1, -0.05) is 48.9 Å². The van der Waals surface area contributed by atoms with Crippen LogP contribution in [0.4, 0.5) is 5.82 Å². The van der Waals surface area contributed by atoms with Gasteiger partial charge in [0, 0.05) is 29.2 Å². The number of nitrogens with two attached hydrogens (primary N) is 1. The first-order valence-corrected chi connectivity index (χ1v) is 8.87. The minimum atomic E-state index is 0.0353. The van der Waals surface area contributed by atoms with Crippen LogP contribution in [0.15, 0.2) is 54.6 Å². The third-order valence-electron chi connectivity index (χ3n) is 4.06. The Morgan fingerprint density at radius 1 is 1.12 bits per heavy atom. The summed E-state index contributed by atoms with van der Waals surface area (Å²) < 4.78 is 0. The number of benzene rings is 2. The summed E-state index contributed by atoms with van der Waals surface area (Å²) in [5.74, 6) is 1.13. The predicted octanol–water partition coefficient (Wildman–Crippen LogP) is 4.32. The Morgan fingerprint density at radius 2 is 1.88 bits per heavy atom. The molecular formula is C20H21ClN4O. The predicted molar refractivity (Wildman–Crippen MR) is 106 cm³/mol. The van der Waals surface area contributed by atoms with E-state index in [2.05, 4.69) is 15.3 Å². The lowest BCUT2D eigenvalue weighted by Gasteiger charge is -2.14. The zero-order valence-electron chi connectivity index (χ0n) is 14.5. The van der Waals surface area contributed by atoms with Crippen molar-refractivity contribution in [3.63, 3.8) is 0 Å². The maximum absolute atomic E-state index is 10.2. The number of nitrogens with one attached hydrogen (secondary N) is 1. The monoisotopic (exact) mass is 368 g/mol. The van der Waals surface area contributed by atoms with Gasteiger partial charge < -0.3 is 16.2 Å². The third kappa shape index (κ3) is 4.31. The highest BCUT2D eigenvalue weighted by atomic mass is 35.5. The van der Waals surface area contributed by atoms with Gasteiger partial charge in [0.2, 0.25) is 0 Å². The number of phenols is 1. The number of anilines is 1. The standard InChI is InChI=1S/C20H21ClN4O/c1-2-15(22)12-23-19-11-17(13-6-4-3-5-7-13)24-20(25-19)16-10-14(21)8-9-18(16)26/h3-11,15,26H,2,12,22H2,1H3,(H,23,24,25)/t15-/m1/s1. The Labute approximate surface area is 157 Å². The molecule has 6 heteroatoms. The van der Waals surface area contributed by atoms with Crippen molar-refractivity contribution in [3.8, 4) is 28.4 Å². The number of phenolic OH excluding ortho intramolecular Hbond substituents is 1. The molecule has 1 heterocycles. The van der Waals surface area contributed by atoms with Crippen molar-refractivity contribution in [2.45, 2.75) is 19.4 Å². The number of rotatable bonds is 6. The first-order chi connectivity index (χ1) is 12.6. The Balaban J connectivity index is 2.06. The summed E-state index contributed by atoms with van der Waals surface area (Å²) in [5.41, 5.74) is 8.20. The van der Waals surface area contributed by atoms with Gasteiger partial charge in [0.1, 0.15) is 11.6 Å². The first kappa shape index (κ1) is 18.2. The average molecular weight is 369 g/mol. The molecule has 3 rings (SSSR count). The molecule has 0 aliphatic heterocycles. The number of halogens is 1. The van der Waals surface area contributed by atoms with Gasteiger partial charge in [-0.2, -0.15) is 0 Å². The third-order valence-corrected chi connectivity index (χ3v) is 4.30. The Hall–Kier alpha value is -2.63. The van der Waals surface area contributed by atoms with Crippen molar-refractivity contribution in [3.05, 3.63) is 59.6 Å². The average Bonchev–Trinajstić information content (AvgIpc) is 2.68. The van der Waals surface area contributed by atoms with Crippen LogP contribution in [0.1, 0.15) is 13.3 Å². The van der Waals surface area contributed by atoms with E-state index >= 15 is 0 Å². The topological polar surface area (TPSA) is 84.1 Å². The fourth-order valence-electron chi connectivity index (χ4n) is 2.48. The summed E-state index contributed by atoms with van der Waals surface area (Å²) in [7, 11) is 0. The SMILES string of the molecule is CC[C@@H](N)CNc1cc(-c2ccccc2)nc(-c2cc(Cl)ccc2O)n1. The van der Waals surface area contributed by atoms with Crippen molar-refractivity contribution in [2.24, 2.45) is 5.73 Å². The maximum Gasteiger partial charge on any atom is 0.165 e. The summed E-state index contributed by atoms with van der Waals surface area (Å²) in [6.07, 6.45) is 0.867. The van der Waals surface area contributed by atoms with Gasteiger partial charge >= 0.3 is 0 Å². The highest BCUT2D eigenvalue weighted by molar-refractivity contribution is 6.30. The van der Waals surface area contributed by atoms with Gasteiger partial charge in [0.15, 0.2) is 5.82 Å². The number of aromatic nitrogens is 2. The van der Waals surface area contributed by atoms with E-state index in [4.69, 9.17) is 17.3 Å². The van der Waals surface area contributed by atoms with Gasteiger partial charge in [-0.15, -0.1) is 0 Å². The van der Waals surface area contributed by atoms with E-state index in [1.807, 2.05) is 43.3 Å². The van der Waals surface area contributed by atoms with Crippen molar-refractivity contribution in [1.82, 2.24) is 9.97 Å². The fraction of sp³-hybridized carbons (Fsp3) is 0.200. The van der Waals surface area contributed by atoms with Crippen LogP contribution in [-0.4, -0.2) is 27.7 Å². The Kier molecular flexibility index (Phi) is 5.71. The van der Waals surface area contributed by atoms with Crippen LogP contribution in [0.5, 0.6) is 5.75 Å². The number of aromatic hydroxyl groups is 1. The summed E-state index contributed by atoms with van der Waals surface area (Å²) >= 11 is 6.09.